The first-order valence-electron chi connectivity index (χ1n) is 8.20. The van der Waals surface area contributed by atoms with Gasteiger partial charge in [-0.05, 0) is 49.8 Å². The lowest BCUT2D eigenvalue weighted by Crippen LogP contribution is -2.53. The average Bonchev–Trinajstić information content (AvgIpc) is 3.04. The van der Waals surface area contributed by atoms with E-state index < -0.39 is 5.79 Å². The summed E-state index contributed by atoms with van der Waals surface area (Å²) in [6.45, 7) is 9.61. The fourth-order valence-electron chi connectivity index (χ4n) is 4.38. The van der Waals surface area contributed by atoms with E-state index >= 15 is 0 Å². The molecule has 4 heteroatoms. The summed E-state index contributed by atoms with van der Waals surface area (Å²) in [5.41, 5.74) is 4.24. The number of ether oxygens (including phenoxy) is 2. The van der Waals surface area contributed by atoms with E-state index in [1.807, 2.05) is 4.90 Å². The normalized spacial score (nSPS) is 27.5. The summed E-state index contributed by atoms with van der Waals surface area (Å²) in [4.78, 5) is 15.1. The monoisotopic (exact) mass is 301 g/mol. The number of carbonyl (C=O) groups is 1. The number of carbonyl (C=O) groups excluding carboxylic acids is 1. The second-order valence-corrected chi connectivity index (χ2v) is 7.31. The van der Waals surface area contributed by atoms with Gasteiger partial charge in [-0.15, -0.1) is 0 Å². The van der Waals surface area contributed by atoms with Crippen molar-refractivity contribution in [2.24, 2.45) is 0 Å². The van der Waals surface area contributed by atoms with Gasteiger partial charge in [0.25, 0.3) is 11.7 Å². The second kappa shape index (κ2) is 4.33. The zero-order valence-corrected chi connectivity index (χ0v) is 13.7. The summed E-state index contributed by atoms with van der Waals surface area (Å²) < 4.78 is 11.7. The Hall–Kier alpha value is -1.39. The van der Waals surface area contributed by atoms with Crippen molar-refractivity contribution in [3.63, 3.8) is 0 Å². The molecule has 0 saturated carbocycles. The van der Waals surface area contributed by atoms with Gasteiger partial charge < -0.3 is 14.4 Å². The first-order chi connectivity index (χ1) is 10.4. The predicted molar refractivity (Wildman–Crippen MR) is 84.0 cm³/mol. The molecule has 1 saturated heterocycles. The third kappa shape index (κ3) is 1.57. The lowest BCUT2D eigenvalue weighted by molar-refractivity contribution is -0.181. The van der Waals surface area contributed by atoms with Crippen molar-refractivity contribution < 1.29 is 14.3 Å². The molecule has 1 aromatic carbocycles. The van der Waals surface area contributed by atoms with Crippen LogP contribution in [0.15, 0.2) is 12.1 Å². The average molecular weight is 301 g/mol. The maximum Gasteiger partial charge on any atom is 0.293 e. The number of fused-ring (bicyclic) bond motifs is 1. The van der Waals surface area contributed by atoms with Gasteiger partial charge in [0.1, 0.15) is 0 Å². The third-order valence-corrected chi connectivity index (χ3v) is 5.31. The van der Waals surface area contributed by atoms with Crippen LogP contribution in [0.1, 0.15) is 56.7 Å². The molecule has 1 aromatic rings. The number of hydrogen-bond donors (Lipinski definition) is 0. The minimum atomic E-state index is -1.20. The van der Waals surface area contributed by atoms with Gasteiger partial charge in [0, 0.05) is 11.1 Å². The van der Waals surface area contributed by atoms with Crippen LogP contribution in [-0.4, -0.2) is 24.7 Å². The third-order valence-electron chi connectivity index (χ3n) is 5.31. The van der Waals surface area contributed by atoms with Crippen molar-refractivity contribution in [2.75, 3.05) is 18.1 Å². The number of rotatable bonds is 1. The fraction of sp³-hybridized carbons (Fsp3) is 0.611. The molecule has 0 aromatic heterocycles. The topological polar surface area (TPSA) is 38.8 Å². The van der Waals surface area contributed by atoms with Gasteiger partial charge in [-0.1, -0.05) is 19.9 Å². The fourth-order valence-corrected chi connectivity index (χ4v) is 4.38. The Morgan fingerprint density at radius 3 is 2.59 bits per heavy atom. The first-order valence-corrected chi connectivity index (χ1v) is 8.20. The Morgan fingerprint density at radius 2 is 1.95 bits per heavy atom. The molecule has 0 radical (unpaired) electrons. The van der Waals surface area contributed by atoms with Crippen LogP contribution >= 0.6 is 0 Å². The molecule has 4 rings (SSSR count). The predicted octanol–water partition coefficient (Wildman–Crippen LogP) is 3.08. The van der Waals surface area contributed by atoms with Gasteiger partial charge in [0.15, 0.2) is 0 Å². The van der Waals surface area contributed by atoms with Gasteiger partial charge in [-0.2, -0.15) is 0 Å². The molecule has 1 spiro atoms. The summed E-state index contributed by atoms with van der Waals surface area (Å²) in [5, 5.41) is 0. The van der Waals surface area contributed by atoms with E-state index in [0.29, 0.717) is 19.1 Å². The summed E-state index contributed by atoms with van der Waals surface area (Å²) in [5.74, 6) is -0.821. The molecule has 0 bridgehead atoms. The minimum Gasteiger partial charge on any atom is -0.336 e. The summed E-state index contributed by atoms with van der Waals surface area (Å²) in [6.07, 6.45) is 1.90. The number of nitrogens with zero attached hydrogens (tertiary/aromatic N) is 1. The van der Waals surface area contributed by atoms with Crippen LogP contribution in [-0.2, 0) is 26.5 Å². The molecule has 3 aliphatic heterocycles. The van der Waals surface area contributed by atoms with Crippen molar-refractivity contribution in [1.29, 1.82) is 0 Å². The van der Waals surface area contributed by atoms with E-state index in [2.05, 4.69) is 39.8 Å². The van der Waals surface area contributed by atoms with Crippen LogP contribution in [0.4, 0.5) is 5.69 Å². The Balaban J connectivity index is 2.03. The van der Waals surface area contributed by atoms with E-state index in [0.717, 1.165) is 24.1 Å². The SMILES string of the molecule is CCc1cc2c3c(c1)C1(OCCO1)C(=O)N3C(C)(C)C[C@H]2C. The highest BCUT2D eigenvalue weighted by atomic mass is 16.7. The van der Waals surface area contributed by atoms with E-state index in [1.54, 1.807) is 0 Å². The quantitative estimate of drug-likeness (QED) is 0.800. The molecule has 1 fully saturated rings. The van der Waals surface area contributed by atoms with E-state index in [9.17, 15) is 4.79 Å². The molecule has 4 nitrogen and oxygen atoms in total. The maximum absolute atomic E-state index is 13.2. The van der Waals surface area contributed by atoms with Gasteiger partial charge in [-0.25, -0.2) is 0 Å². The van der Waals surface area contributed by atoms with Crippen molar-refractivity contribution in [3.05, 3.63) is 28.8 Å². The van der Waals surface area contributed by atoms with Crippen LogP contribution in [0.2, 0.25) is 0 Å². The Labute approximate surface area is 131 Å². The summed E-state index contributed by atoms with van der Waals surface area (Å²) in [6, 6.07) is 4.36. The first kappa shape index (κ1) is 14.2. The standard InChI is InChI=1S/C18H23NO3/c1-5-12-8-13-11(2)10-17(3,4)19-15(13)14(9-12)18(16(19)20)21-6-7-22-18/h8-9,11H,5-7,10H2,1-4H3/t11-/m1/s1. The zero-order chi connectivity index (χ0) is 15.7. The van der Waals surface area contributed by atoms with Gasteiger partial charge in [0.05, 0.1) is 18.9 Å². The highest BCUT2D eigenvalue weighted by Crippen LogP contribution is 2.55. The minimum absolute atomic E-state index is 0.0496. The molecule has 1 atom stereocenters. The van der Waals surface area contributed by atoms with Crippen molar-refractivity contribution >= 4 is 11.6 Å². The van der Waals surface area contributed by atoms with Crippen molar-refractivity contribution in [1.82, 2.24) is 0 Å². The molecule has 0 N–H and O–H groups in total. The van der Waals surface area contributed by atoms with E-state index in [1.165, 1.54) is 11.1 Å². The molecular weight excluding hydrogens is 278 g/mol. The number of hydrogen-bond acceptors (Lipinski definition) is 3. The van der Waals surface area contributed by atoms with Gasteiger partial charge in [0.2, 0.25) is 0 Å². The molecular formula is C18H23NO3. The van der Waals surface area contributed by atoms with Crippen LogP contribution in [0, 0.1) is 0 Å². The van der Waals surface area contributed by atoms with Crippen molar-refractivity contribution in [3.8, 4) is 0 Å². The van der Waals surface area contributed by atoms with Gasteiger partial charge >= 0.3 is 0 Å². The van der Waals surface area contributed by atoms with E-state index in [-0.39, 0.29) is 11.4 Å². The number of amides is 1. The lowest BCUT2D eigenvalue weighted by Gasteiger charge is -2.43. The number of aryl methyl sites for hydroxylation is 1. The molecule has 0 aliphatic carbocycles. The second-order valence-electron chi connectivity index (χ2n) is 7.31. The molecule has 3 aliphatic rings. The highest BCUT2D eigenvalue weighted by molar-refractivity contribution is 6.08. The Kier molecular flexibility index (Phi) is 2.80. The molecule has 3 heterocycles. The largest absolute Gasteiger partial charge is 0.336 e. The van der Waals surface area contributed by atoms with Crippen LogP contribution in [0.25, 0.3) is 0 Å². The Morgan fingerprint density at radius 1 is 1.27 bits per heavy atom. The van der Waals surface area contributed by atoms with Crippen LogP contribution in [0.5, 0.6) is 0 Å². The number of anilines is 1. The van der Waals surface area contributed by atoms with E-state index in [4.69, 9.17) is 9.47 Å². The summed E-state index contributed by atoms with van der Waals surface area (Å²) >= 11 is 0. The van der Waals surface area contributed by atoms with Crippen molar-refractivity contribution in [2.45, 2.75) is 57.8 Å². The highest BCUT2D eigenvalue weighted by Gasteiger charge is 2.61. The lowest BCUT2D eigenvalue weighted by atomic mass is 9.79. The molecule has 22 heavy (non-hydrogen) atoms. The molecule has 0 unspecified atom stereocenters. The smallest absolute Gasteiger partial charge is 0.293 e. The molecule has 1 amide bonds. The van der Waals surface area contributed by atoms with Crippen LogP contribution in [0.3, 0.4) is 0 Å². The number of benzene rings is 1. The molecule has 118 valence electrons. The Bertz CT molecular complexity index is 659. The maximum atomic E-state index is 13.2. The zero-order valence-electron chi connectivity index (χ0n) is 13.7. The summed E-state index contributed by atoms with van der Waals surface area (Å²) in [7, 11) is 0. The van der Waals surface area contributed by atoms with Crippen LogP contribution < -0.4 is 4.90 Å². The van der Waals surface area contributed by atoms with Gasteiger partial charge in [-0.3, -0.25) is 4.79 Å².